The van der Waals surface area contributed by atoms with E-state index in [2.05, 4.69) is 10.3 Å². The largest absolute Gasteiger partial charge is 0.476 e. The number of rotatable bonds is 5. The van der Waals surface area contributed by atoms with Gasteiger partial charge in [0.25, 0.3) is 5.88 Å². The minimum atomic E-state index is -0.476. The van der Waals surface area contributed by atoms with Crippen molar-refractivity contribution in [3.63, 3.8) is 0 Å². The molecule has 0 spiro atoms. The molecule has 0 radical (unpaired) electrons. The van der Waals surface area contributed by atoms with Gasteiger partial charge in [-0.2, -0.15) is 0 Å². The van der Waals surface area contributed by atoms with Crippen LogP contribution in [0.2, 0.25) is 0 Å². The lowest BCUT2D eigenvalue weighted by atomic mass is 10.1. The van der Waals surface area contributed by atoms with Crippen molar-refractivity contribution in [1.82, 2.24) is 10.3 Å². The predicted molar refractivity (Wildman–Crippen MR) is 65.1 cm³/mol. The van der Waals surface area contributed by atoms with Crippen molar-refractivity contribution in [2.75, 3.05) is 20.7 Å². The van der Waals surface area contributed by atoms with Crippen LogP contribution in [-0.4, -0.2) is 30.6 Å². The number of likely N-dealkylation sites (N-methyl/N-ethyl adjacent to an activating group) is 1. The fourth-order valence-corrected chi connectivity index (χ4v) is 1.42. The number of aromatic nitrogens is 1. The van der Waals surface area contributed by atoms with Gasteiger partial charge < -0.3 is 10.1 Å². The topological polar surface area (TPSA) is 77.3 Å². The first kappa shape index (κ1) is 13.1. The molecule has 0 unspecified atom stereocenters. The van der Waals surface area contributed by atoms with Gasteiger partial charge in [-0.05, 0) is 14.0 Å². The third-order valence-corrected chi connectivity index (χ3v) is 2.31. The Hall–Kier alpha value is -1.95. The van der Waals surface area contributed by atoms with Crippen LogP contribution in [0.15, 0.2) is 12.3 Å². The molecule has 0 atom stereocenters. The highest BCUT2D eigenvalue weighted by Gasteiger charge is 2.21. The molecule has 1 N–H and O–H groups in total. The Morgan fingerprint density at radius 1 is 1.65 bits per heavy atom. The fraction of sp³-hybridized carbons (Fsp3) is 0.364. The van der Waals surface area contributed by atoms with Crippen LogP contribution in [0.4, 0.5) is 5.69 Å². The van der Waals surface area contributed by atoms with Crippen LogP contribution in [0.3, 0.4) is 0 Å². The van der Waals surface area contributed by atoms with E-state index in [-0.39, 0.29) is 11.6 Å². The fourth-order valence-electron chi connectivity index (χ4n) is 1.42. The molecule has 0 aliphatic heterocycles. The van der Waals surface area contributed by atoms with Gasteiger partial charge >= 0.3 is 5.69 Å². The normalized spacial score (nSPS) is 10.8. The Kier molecular flexibility index (Phi) is 4.59. The first-order valence-corrected chi connectivity index (χ1v) is 5.11. The second-order valence-corrected chi connectivity index (χ2v) is 3.41. The minimum absolute atomic E-state index is 0.0401. The summed E-state index contributed by atoms with van der Waals surface area (Å²) in [6, 6.07) is 0. The number of hydrogen-bond acceptors (Lipinski definition) is 5. The van der Waals surface area contributed by atoms with E-state index in [1.165, 1.54) is 7.11 Å². The summed E-state index contributed by atoms with van der Waals surface area (Å²) >= 11 is 0. The van der Waals surface area contributed by atoms with Crippen molar-refractivity contribution in [2.24, 2.45) is 0 Å². The summed E-state index contributed by atoms with van der Waals surface area (Å²) in [5.74, 6) is 0.0401. The molecule has 1 aromatic heterocycles. The lowest BCUT2D eigenvalue weighted by Crippen LogP contribution is -2.04. The van der Waals surface area contributed by atoms with Crippen molar-refractivity contribution in [3.05, 3.63) is 33.5 Å². The molecule has 0 saturated carbocycles. The summed E-state index contributed by atoms with van der Waals surface area (Å²) < 4.78 is 4.88. The lowest BCUT2D eigenvalue weighted by molar-refractivity contribution is -0.386. The van der Waals surface area contributed by atoms with E-state index in [0.717, 1.165) is 0 Å². The molecule has 0 aromatic carbocycles. The van der Waals surface area contributed by atoms with Gasteiger partial charge in [-0.15, -0.1) is 0 Å². The number of nitro groups is 1. The average molecular weight is 237 g/mol. The van der Waals surface area contributed by atoms with Crippen LogP contribution < -0.4 is 10.1 Å². The van der Waals surface area contributed by atoms with Crippen molar-refractivity contribution in [2.45, 2.75) is 6.92 Å². The van der Waals surface area contributed by atoms with Gasteiger partial charge in [-0.1, -0.05) is 12.2 Å². The van der Waals surface area contributed by atoms with Crippen LogP contribution in [0.5, 0.6) is 5.88 Å². The maximum absolute atomic E-state index is 10.9. The molecule has 17 heavy (non-hydrogen) atoms. The Labute approximate surface area is 99.5 Å². The minimum Gasteiger partial charge on any atom is -0.476 e. The second kappa shape index (κ2) is 5.95. The van der Waals surface area contributed by atoms with Gasteiger partial charge in [0.15, 0.2) is 0 Å². The molecule has 0 amide bonds. The highest BCUT2D eigenvalue weighted by Crippen LogP contribution is 2.30. The van der Waals surface area contributed by atoms with Crippen molar-refractivity contribution in [3.8, 4) is 5.88 Å². The molecule has 1 aromatic rings. The van der Waals surface area contributed by atoms with Gasteiger partial charge in [0.05, 0.1) is 12.0 Å². The third-order valence-electron chi connectivity index (χ3n) is 2.31. The van der Waals surface area contributed by atoms with E-state index < -0.39 is 4.92 Å². The van der Waals surface area contributed by atoms with E-state index in [1.54, 1.807) is 19.2 Å². The van der Waals surface area contributed by atoms with Gasteiger partial charge in [-0.25, -0.2) is 4.98 Å². The number of nitrogens with zero attached hydrogens (tertiary/aromatic N) is 2. The first-order chi connectivity index (χ1) is 8.11. The highest BCUT2D eigenvalue weighted by molar-refractivity contribution is 5.62. The van der Waals surface area contributed by atoms with Crippen molar-refractivity contribution < 1.29 is 9.66 Å². The summed E-state index contributed by atoms with van der Waals surface area (Å²) in [5, 5.41) is 13.9. The maximum atomic E-state index is 10.9. The third kappa shape index (κ3) is 3.01. The van der Waals surface area contributed by atoms with Crippen LogP contribution in [0, 0.1) is 17.0 Å². The van der Waals surface area contributed by atoms with E-state index in [4.69, 9.17) is 4.74 Å². The molecular weight excluding hydrogens is 222 g/mol. The van der Waals surface area contributed by atoms with Crippen molar-refractivity contribution in [1.29, 1.82) is 0 Å². The average Bonchev–Trinajstić information content (AvgIpc) is 2.30. The lowest BCUT2D eigenvalue weighted by Gasteiger charge is -2.05. The van der Waals surface area contributed by atoms with Crippen molar-refractivity contribution >= 4 is 11.8 Å². The Balaban J connectivity index is 3.18. The molecule has 6 heteroatoms. The number of pyridine rings is 1. The van der Waals surface area contributed by atoms with E-state index in [1.807, 2.05) is 13.1 Å². The van der Waals surface area contributed by atoms with Crippen LogP contribution in [-0.2, 0) is 0 Å². The smallest absolute Gasteiger partial charge is 0.334 e. The highest BCUT2D eigenvalue weighted by atomic mass is 16.6. The summed E-state index contributed by atoms with van der Waals surface area (Å²) in [6.07, 6.45) is 5.23. The standard InChI is InChI=1S/C11H15N3O3/c1-8-9(5-4-6-12-2)7-13-11(17-3)10(8)14(15)16/h4-5,7,12H,6H2,1-3H3. The monoisotopic (exact) mass is 237 g/mol. The Morgan fingerprint density at radius 3 is 2.88 bits per heavy atom. The SMILES string of the molecule is CNCC=Cc1cnc(OC)c([N+](=O)[O-])c1C. The molecule has 0 fully saturated rings. The molecule has 0 bridgehead atoms. The number of ether oxygens (including phenoxy) is 1. The number of nitrogens with one attached hydrogen (secondary N) is 1. The van der Waals surface area contributed by atoms with E-state index in [9.17, 15) is 10.1 Å². The molecule has 0 aliphatic rings. The van der Waals surface area contributed by atoms with E-state index >= 15 is 0 Å². The summed E-state index contributed by atoms with van der Waals surface area (Å²) in [7, 11) is 3.19. The molecule has 0 saturated heterocycles. The van der Waals surface area contributed by atoms with Gasteiger partial charge in [-0.3, -0.25) is 10.1 Å². The zero-order valence-electron chi connectivity index (χ0n) is 10.1. The molecule has 1 rings (SSSR count). The second-order valence-electron chi connectivity index (χ2n) is 3.41. The van der Waals surface area contributed by atoms with Crippen LogP contribution in [0.1, 0.15) is 11.1 Å². The van der Waals surface area contributed by atoms with Gasteiger partial charge in [0.1, 0.15) is 0 Å². The quantitative estimate of drug-likeness (QED) is 0.620. The van der Waals surface area contributed by atoms with E-state index in [0.29, 0.717) is 17.7 Å². The molecule has 1 heterocycles. The summed E-state index contributed by atoms with van der Waals surface area (Å²) in [5.41, 5.74) is 1.18. The van der Waals surface area contributed by atoms with Crippen LogP contribution in [0.25, 0.3) is 6.08 Å². The molecule has 0 aliphatic carbocycles. The summed E-state index contributed by atoms with van der Waals surface area (Å²) in [6.45, 7) is 2.38. The van der Waals surface area contributed by atoms with Gasteiger partial charge in [0.2, 0.25) is 0 Å². The zero-order valence-corrected chi connectivity index (χ0v) is 10.1. The maximum Gasteiger partial charge on any atom is 0.334 e. The Morgan fingerprint density at radius 2 is 2.35 bits per heavy atom. The molecule has 6 nitrogen and oxygen atoms in total. The number of hydrogen-bond donors (Lipinski definition) is 1. The number of methoxy groups -OCH3 is 1. The van der Waals surface area contributed by atoms with Gasteiger partial charge in [0, 0.05) is 23.9 Å². The predicted octanol–water partition coefficient (Wildman–Crippen LogP) is 1.54. The first-order valence-electron chi connectivity index (χ1n) is 5.11. The molecular formula is C11H15N3O3. The zero-order chi connectivity index (χ0) is 12.8. The molecule has 92 valence electrons. The Bertz CT molecular complexity index is 444. The summed E-state index contributed by atoms with van der Waals surface area (Å²) in [4.78, 5) is 14.4. The van der Waals surface area contributed by atoms with Crippen LogP contribution >= 0.6 is 0 Å².